The fourth-order valence-electron chi connectivity index (χ4n) is 4.16. The third-order valence-electron chi connectivity index (χ3n) is 5.72. The van der Waals surface area contributed by atoms with Crippen LogP contribution in [0.2, 0.25) is 0 Å². The van der Waals surface area contributed by atoms with Gasteiger partial charge in [-0.25, -0.2) is 4.98 Å². The van der Waals surface area contributed by atoms with Crippen molar-refractivity contribution in [1.82, 2.24) is 20.1 Å². The van der Waals surface area contributed by atoms with Gasteiger partial charge in [0.15, 0.2) is 5.96 Å². The molecule has 0 spiro atoms. The predicted molar refractivity (Wildman–Crippen MR) is 116 cm³/mol. The van der Waals surface area contributed by atoms with Crippen LogP contribution in [0.25, 0.3) is 0 Å². The van der Waals surface area contributed by atoms with E-state index < -0.39 is 0 Å². The number of unbranched alkanes of at least 4 members (excludes halogenated alkanes) is 2. The Labute approximate surface area is 169 Å². The van der Waals surface area contributed by atoms with E-state index in [1.807, 2.05) is 18.4 Å². The molecule has 6 heteroatoms. The van der Waals surface area contributed by atoms with Crippen LogP contribution in [0.5, 0.6) is 0 Å². The molecule has 1 aromatic rings. The number of hydrogen-bond acceptors (Lipinski definition) is 4. The number of hydrogen-bond donors (Lipinski definition) is 1. The molecule has 27 heavy (non-hydrogen) atoms. The van der Waals surface area contributed by atoms with Crippen LogP contribution in [0.3, 0.4) is 0 Å². The molecule has 2 heterocycles. The first-order valence-electron chi connectivity index (χ1n) is 10.9. The Morgan fingerprint density at radius 3 is 2.70 bits per heavy atom. The summed E-state index contributed by atoms with van der Waals surface area (Å²) in [5.74, 6) is 0.985. The van der Waals surface area contributed by atoms with Crippen molar-refractivity contribution < 1.29 is 0 Å². The van der Waals surface area contributed by atoms with Crippen LogP contribution in [-0.2, 0) is 19.4 Å². The molecule has 0 radical (unpaired) electrons. The van der Waals surface area contributed by atoms with Gasteiger partial charge in [-0.15, -0.1) is 11.3 Å². The number of thiazole rings is 1. The van der Waals surface area contributed by atoms with Crippen LogP contribution >= 0.6 is 11.3 Å². The Bertz CT molecular complexity index is 568. The lowest BCUT2D eigenvalue weighted by molar-refractivity contribution is 0.224. The van der Waals surface area contributed by atoms with Crippen molar-refractivity contribution in [3.05, 3.63) is 15.6 Å². The molecule has 1 fully saturated rings. The number of aromatic nitrogens is 1. The summed E-state index contributed by atoms with van der Waals surface area (Å²) < 4.78 is 0. The largest absolute Gasteiger partial charge is 0.356 e. The van der Waals surface area contributed by atoms with Gasteiger partial charge in [0.1, 0.15) is 5.01 Å². The molecule has 1 aromatic heterocycles. The Morgan fingerprint density at radius 2 is 1.93 bits per heavy atom. The van der Waals surface area contributed by atoms with E-state index in [-0.39, 0.29) is 0 Å². The first kappa shape index (κ1) is 20.6. The van der Waals surface area contributed by atoms with Crippen LogP contribution in [0.4, 0.5) is 0 Å². The fourth-order valence-corrected chi connectivity index (χ4v) is 5.37. The Balaban J connectivity index is 1.32. The van der Waals surface area contributed by atoms with E-state index in [9.17, 15) is 0 Å². The highest BCUT2D eigenvalue weighted by Crippen LogP contribution is 2.27. The summed E-state index contributed by atoms with van der Waals surface area (Å²) in [4.78, 5) is 15.7. The molecule has 1 aliphatic heterocycles. The lowest BCUT2D eigenvalue weighted by Crippen LogP contribution is -2.38. The number of rotatable bonds is 8. The van der Waals surface area contributed by atoms with E-state index in [0.29, 0.717) is 0 Å². The lowest BCUT2D eigenvalue weighted by atomic mass is 10.0. The molecular weight excluding hydrogens is 354 g/mol. The Kier molecular flexibility index (Phi) is 8.39. The zero-order valence-electron chi connectivity index (χ0n) is 17.3. The summed E-state index contributed by atoms with van der Waals surface area (Å²) in [6.07, 6.45) is 13.1. The van der Waals surface area contributed by atoms with Gasteiger partial charge < -0.3 is 15.1 Å². The number of guanidine groups is 1. The predicted octanol–water partition coefficient (Wildman–Crippen LogP) is 3.69. The quantitative estimate of drug-likeness (QED) is 0.417. The molecule has 0 amide bonds. The minimum Gasteiger partial charge on any atom is -0.356 e. The maximum Gasteiger partial charge on any atom is 0.193 e. The van der Waals surface area contributed by atoms with Gasteiger partial charge in [-0.1, -0.05) is 12.8 Å². The normalized spacial score (nSPS) is 18.4. The van der Waals surface area contributed by atoms with Crippen molar-refractivity contribution in [2.75, 3.05) is 40.3 Å². The molecule has 2 aliphatic rings. The summed E-state index contributed by atoms with van der Waals surface area (Å²) >= 11 is 1.90. The number of likely N-dealkylation sites (tertiary alicyclic amines) is 1. The molecule has 1 N–H and O–H groups in total. The topological polar surface area (TPSA) is 43.8 Å². The van der Waals surface area contributed by atoms with Crippen molar-refractivity contribution >= 4 is 17.3 Å². The van der Waals surface area contributed by atoms with Crippen LogP contribution in [0.1, 0.15) is 66.9 Å². The number of piperidine rings is 1. The van der Waals surface area contributed by atoms with Crippen molar-refractivity contribution in [2.45, 2.75) is 70.8 Å². The van der Waals surface area contributed by atoms with E-state index in [2.05, 4.69) is 27.2 Å². The number of nitrogens with one attached hydrogen (secondary N) is 1. The lowest BCUT2D eigenvalue weighted by Gasteiger charge is -2.26. The highest BCUT2D eigenvalue weighted by Gasteiger charge is 2.16. The van der Waals surface area contributed by atoms with Gasteiger partial charge >= 0.3 is 0 Å². The first-order chi connectivity index (χ1) is 13.3. The van der Waals surface area contributed by atoms with Gasteiger partial charge in [-0.2, -0.15) is 0 Å². The third-order valence-corrected chi connectivity index (χ3v) is 6.86. The first-order valence-corrected chi connectivity index (χ1v) is 11.7. The highest BCUT2D eigenvalue weighted by atomic mass is 32.1. The van der Waals surface area contributed by atoms with Crippen LogP contribution in [0.15, 0.2) is 4.99 Å². The van der Waals surface area contributed by atoms with E-state index in [1.54, 1.807) is 0 Å². The molecule has 5 nitrogen and oxygen atoms in total. The number of aryl methyl sites for hydroxylation is 2. The Hall–Kier alpha value is -1.14. The smallest absolute Gasteiger partial charge is 0.193 e. The molecule has 152 valence electrons. The third kappa shape index (κ3) is 6.46. The van der Waals surface area contributed by atoms with Gasteiger partial charge in [0.2, 0.25) is 0 Å². The van der Waals surface area contributed by atoms with Crippen molar-refractivity contribution in [3.8, 4) is 0 Å². The number of nitrogens with zero attached hydrogens (tertiary/aromatic N) is 4. The van der Waals surface area contributed by atoms with Crippen molar-refractivity contribution in [3.63, 3.8) is 0 Å². The molecule has 3 rings (SSSR count). The molecule has 0 saturated carbocycles. The summed E-state index contributed by atoms with van der Waals surface area (Å²) in [5, 5.41) is 4.76. The molecule has 0 unspecified atom stereocenters. The van der Waals surface area contributed by atoms with E-state index in [0.717, 1.165) is 19.0 Å². The number of aliphatic imine (C=N–C) groups is 1. The van der Waals surface area contributed by atoms with Gasteiger partial charge in [0.05, 0.1) is 12.2 Å². The minimum atomic E-state index is 0.853. The van der Waals surface area contributed by atoms with Gasteiger partial charge in [0, 0.05) is 25.5 Å². The van der Waals surface area contributed by atoms with Crippen molar-refractivity contribution in [1.29, 1.82) is 0 Å². The molecule has 1 saturated heterocycles. The summed E-state index contributed by atoms with van der Waals surface area (Å²) in [6, 6.07) is 0. The summed E-state index contributed by atoms with van der Waals surface area (Å²) in [6.45, 7) is 5.77. The maximum absolute atomic E-state index is 4.86. The molecule has 0 atom stereocenters. The molecular formula is C21H37N5S. The van der Waals surface area contributed by atoms with E-state index in [1.165, 1.54) is 99.4 Å². The van der Waals surface area contributed by atoms with E-state index >= 15 is 0 Å². The highest BCUT2D eigenvalue weighted by molar-refractivity contribution is 7.11. The standard InChI is InChI=1S/C21H37N5S/c1-22-21(23-13-7-3-8-14-26-15-9-4-10-16-26)25(2)17-20-24-18-11-5-6-12-19(18)27-20/h3-17H2,1-2H3,(H,22,23). The molecule has 0 bridgehead atoms. The summed E-state index contributed by atoms with van der Waals surface area (Å²) in [7, 11) is 3.99. The van der Waals surface area contributed by atoms with Crippen LogP contribution in [0, 0.1) is 0 Å². The van der Waals surface area contributed by atoms with Gasteiger partial charge in [-0.05, 0) is 71.0 Å². The monoisotopic (exact) mass is 391 g/mol. The number of fused-ring (bicyclic) bond motifs is 1. The average Bonchev–Trinajstić information content (AvgIpc) is 3.10. The van der Waals surface area contributed by atoms with Crippen LogP contribution < -0.4 is 5.32 Å². The van der Waals surface area contributed by atoms with Crippen LogP contribution in [-0.4, -0.2) is 61.0 Å². The minimum absolute atomic E-state index is 0.853. The second kappa shape index (κ2) is 11.0. The SMILES string of the molecule is CN=C(NCCCCCN1CCCCC1)N(C)Cc1nc2c(s1)CCCC2. The molecule has 0 aromatic carbocycles. The van der Waals surface area contributed by atoms with Gasteiger partial charge in [-0.3, -0.25) is 4.99 Å². The second-order valence-electron chi connectivity index (χ2n) is 7.98. The van der Waals surface area contributed by atoms with Crippen molar-refractivity contribution in [2.24, 2.45) is 4.99 Å². The van der Waals surface area contributed by atoms with Gasteiger partial charge in [0.25, 0.3) is 0 Å². The zero-order chi connectivity index (χ0) is 18.9. The fraction of sp³-hybridized carbons (Fsp3) is 0.810. The summed E-state index contributed by atoms with van der Waals surface area (Å²) in [5.41, 5.74) is 1.35. The molecule has 1 aliphatic carbocycles. The Morgan fingerprint density at radius 1 is 1.11 bits per heavy atom. The second-order valence-corrected chi connectivity index (χ2v) is 9.15. The zero-order valence-corrected chi connectivity index (χ0v) is 18.1. The van der Waals surface area contributed by atoms with E-state index in [4.69, 9.17) is 4.98 Å². The average molecular weight is 392 g/mol. The maximum atomic E-state index is 4.86.